The molecule has 182 valence electrons. The van der Waals surface area contributed by atoms with Crippen molar-refractivity contribution >= 4 is 84.8 Å². The van der Waals surface area contributed by atoms with Crippen molar-refractivity contribution in [2.45, 2.75) is 0 Å². The van der Waals surface area contributed by atoms with Gasteiger partial charge in [0.1, 0.15) is 0 Å². The third kappa shape index (κ3) is 3.12. The lowest BCUT2D eigenvalue weighted by atomic mass is 10.00. The number of hydrogen-bond donors (Lipinski definition) is 1. The molecule has 0 spiro atoms. The van der Waals surface area contributed by atoms with Crippen LogP contribution in [0.3, 0.4) is 0 Å². The van der Waals surface area contributed by atoms with Crippen molar-refractivity contribution in [3.63, 3.8) is 0 Å². The van der Waals surface area contributed by atoms with Crippen molar-refractivity contribution in [3.05, 3.63) is 121 Å². The maximum Gasteiger partial charge on any atom is 0.0471 e. The van der Waals surface area contributed by atoms with Crippen molar-refractivity contribution in [1.29, 1.82) is 0 Å². The van der Waals surface area contributed by atoms with Gasteiger partial charge < -0.3 is 4.98 Å². The van der Waals surface area contributed by atoms with Crippen LogP contribution in [-0.2, 0) is 0 Å². The normalized spacial score (nSPS) is 12.1. The van der Waals surface area contributed by atoms with Crippen molar-refractivity contribution in [2.75, 3.05) is 0 Å². The predicted molar refractivity (Wildman–Crippen MR) is 172 cm³/mol. The maximum absolute atomic E-state index is 3.75. The van der Waals surface area contributed by atoms with Crippen LogP contribution in [0.1, 0.15) is 0 Å². The fourth-order valence-corrected chi connectivity index (χ4v) is 8.67. The number of fused-ring (bicyclic) bond motifs is 9. The topological polar surface area (TPSA) is 15.8 Å². The minimum absolute atomic E-state index is 1.18. The Hall–Kier alpha value is -4.44. The summed E-state index contributed by atoms with van der Waals surface area (Å²) in [4.78, 5) is 3.75. The number of H-pyrrole nitrogens is 1. The molecule has 9 aromatic rings. The Labute approximate surface area is 232 Å². The van der Waals surface area contributed by atoms with E-state index >= 15 is 0 Å². The molecule has 3 aromatic heterocycles. The molecular weight excluding hydrogens is 511 g/mol. The Kier molecular flexibility index (Phi) is 4.43. The van der Waals surface area contributed by atoms with Gasteiger partial charge in [-0.05, 0) is 46.5 Å². The third-order valence-electron chi connectivity index (χ3n) is 8.03. The average Bonchev–Trinajstić information content (AvgIpc) is 3.67. The molecule has 9 rings (SSSR count). The quantitative estimate of drug-likeness (QED) is 0.228. The summed E-state index contributed by atoms with van der Waals surface area (Å²) in [5, 5.41) is 7.89. The highest BCUT2D eigenvalue weighted by atomic mass is 32.1. The number of hydrogen-bond acceptors (Lipinski definition) is 2. The van der Waals surface area contributed by atoms with E-state index in [0.717, 1.165) is 0 Å². The predicted octanol–water partition coefficient (Wildman–Crippen LogP) is 11.4. The van der Waals surface area contributed by atoms with Crippen LogP contribution in [0.15, 0.2) is 121 Å². The first-order chi connectivity index (χ1) is 19.3. The molecule has 0 radical (unpaired) electrons. The monoisotopic (exact) mass is 531 g/mol. The molecular formula is C36H21NS2. The minimum atomic E-state index is 1.18. The fraction of sp³-hybridized carbons (Fsp3) is 0. The summed E-state index contributed by atoms with van der Waals surface area (Å²) in [5.41, 5.74) is 7.45. The lowest BCUT2D eigenvalue weighted by Gasteiger charge is -2.05. The van der Waals surface area contributed by atoms with E-state index in [1.807, 2.05) is 22.7 Å². The van der Waals surface area contributed by atoms with Gasteiger partial charge in [0.25, 0.3) is 0 Å². The van der Waals surface area contributed by atoms with Gasteiger partial charge in [-0.15, -0.1) is 22.7 Å². The molecule has 0 saturated carbocycles. The summed E-state index contributed by atoms with van der Waals surface area (Å²) in [6.07, 6.45) is 0. The van der Waals surface area contributed by atoms with Crippen molar-refractivity contribution in [1.82, 2.24) is 4.98 Å². The van der Waals surface area contributed by atoms with Gasteiger partial charge in [-0.2, -0.15) is 0 Å². The summed E-state index contributed by atoms with van der Waals surface area (Å²) in [5.74, 6) is 0. The zero-order valence-corrected chi connectivity index (χ0v) is 22.5. The van der Waals surface area contributed by atoms with Gasteiger partial charge in [-0.3, -0.25) is 0 Å². The molecule has 0 fully saturated rings. The Morgan fingerprint density at radius 1 is 0.385 bits per heavy atom. The maximum atomic E-state index is 3.75. The number of rotatable bonds is 2. The van der Waals surface area contributed by atoms with E-state index in [9.17, 15) is 0 Å². The van der Waals surface area contributed by atoms with E-state index in [2.05, 4.69) is 126 Å². The summed E-state index contributed by atoms with van der Waals surface area (Å²) in [6.45, 7) is 0. The summed E-state index contributed by atoms with van der Waals surface area (Å²) < 4.78 is 5.39. The Morgan fingerprint density at radius 3 is 1.36 bits per heavy atom. The first-order valence-corrected chi connectivity index (χ1v) is 14.8. The highest BCUT2D eigenvalue weighted by Crippen LogP contribution is 2.42. The van der Waals surface area contributed by atoms with Crippen molar-refractivity contribution in [3.8, 4) is 22.3 Å². The second-order valence-corrected chi connectivity index (χ2v) is 12.3. The molecule has 1 nitrogen and oxygen atoms in total. The second kappa shape index (κ2) is 8.03. The lowest BCUT2D eigenvalue weighted by Crippen LogP contribution is -1.79. The van der Waals surface area contributed by atoms with Crippen LogP contribution in [0.4, 0.5) is 0 Å². The van der Waals surface area contributed by atoms with Crippen LogP contribution in [-0.4, -0.2) is 4.98 Å². The zero-order chi connectivity index (χ0) is 25.5. The Bertz CT molecular complexity index is 2230. The highest BCUT2D eigenvalue weighted by molar-refractivity contribution is 7.26. The molecule has 3 heteroatoms. The van der Waals surface area contributed by atoms with E-state index < -0.39 is 0 Å². The smallest absolute Gasteiger partial charge is 0.0471 e. The van der Waals surface area contributed by atoms with Gasteiger partial charge >= 0.3 is 0 Å². The van der Waals surface area contributed by atoms with E-state index in [-0.39, 0.29) is 0 Å². The van der Waals surface area contributed by atoms with E-state index in [1.165, 1.54) is 84.4 Å². The van der Waals surface area contributed by atoms with Gasteiger partial charge in [0.2, 0.25) is 0 Å². The van der Waals surface area contributed by atoms with Crippen LogP contribution in [0.25, 0.3) is 84.4 Å². The molecule has 0 aliphatic carbocycles. The fourth-order valence-electron chi connectivity index (χ4n) is 6.19. The van der Waals surface area contributed by atoms with Crippen molar-refractivity contribution in [2.24, 2.45) is 0 Å². The largest absolute Gasteiger partial charge is 0.354 e. The molecule has 0 bridgehead atoms. The third-order valence-corrected chi connectivity index (χ3v) is 10.5. The molecule has 3 heterocycles. The highest BCUT2D eigenvalue weighted by Gasteiger charge is 2.14. The molecule has 0 atom stereocenters. The van der Waals surface area contributed by atoms with Crippen LogP contribution in [0, 0.1) is 0 Å². The van der Waals surface area contributed by atoms with Crippen LogP contribution in [0.2, 0.25) is 0 Å². The molecule has 0 saturated heterocycles. The standard InChI is InChI=1S/C36H21NS2/c1-3-13-33-27(7-1)29-11-5-9-23(35(29)38-33)21-15-17-25-26-18-16-22(20-32(26)37-31(25)19-21)24-10-6-12-30-28-8-2-4-14-34(28)39-36(24)30/h1-20,37H. The minimum Gasteiger partial charge on any atom is -0.354 e. The second-order valence-electron chi connectivity index (χ2n) is 10.2. The summed E-state index contributed by atoms with van der Waals surface area (Å²) in [6, 6.07) is 44.6. The molecule has 0 aliphatic heterocycles. The summed E-state index contributed by atoms with van der Waals surface area (Å²) in [7, 11) is 0. The van der Waals surface area contributed by atoms with Gasteiger partial charge in [0.05, 0.1) is 0 Å². The molecule has 1 N–H and O–H groups in total. The van der Waals surface area contributed by atoms with Gasteiger partial charge in [0, 0.05) is 62.2 Å². The molecule has 0 amide bonds. The van der Waals surface area contributed by atoms with E-state index in [1.54, 1.807) is 0 Å². The van der Waals surface area contributed by atoms with Gasteiger partial charge in [0.15, 0.2) is 0 Å². The number of aromatic nitrogens is 1. The number of aromatic amines is 1. The molecule has 39 heavy (non-hydrogen) atoms. The van der Waals surface area contributed by atoms with Crippen LogP contribution < -0.4 is 0 Å². The Morgan fingerprint density at radius 2 is 0.846 bits per heavy atom. The van der Waals surface area contributed by atoms with Crippen LogP contribution >= 0.6 is 22.7 Å². The Balaban J connectivity index is 1.21. The first-order valence-electron chi connectivity index (χ1n) is 13.2. The van der Waals surface area contributed by atoms with Crippen LogP contribution in [0.5, 0.6) is 0 Å². The summed E-state index contributed by atoms with van der Waals surface area (Å²) >= 11 is 3.77. The zero-order valence-electron chi connectivity index (χ0n) is 20.9. The molecule has 0 unspecified atom stereocenters. The lowest BCUT2D eigenvalue weighted by molar-refractivity contribution is 1.54. The average molecular weight is 532 g/mol. The van der Waals surface area contributed by atoms with Gasteiger partial charge in [-0.1, -0.05) is 97.1 Å². The SMILES string of the molecule is c1ccc2c(c1)sc1c(-c3ccc4c(c3)[nH]c3cc(-c5cccc6c5sc5ccccc56)ccc34)cccc12. The van der Waals surface area contributed by atoms with Crippen molar-refractivity contribution < 1.29 is 0 Å². The molecule has 0 aliphatic rings. The van der Waals surface area contributed by atoms with E-state index in [0.29, 0.717) is 0 Å². The number of nitrogens with one attached hydrogen (secondary N) is 1. The van der Waals surface area contributed by atoms with Gasteiger partial charge in [-0.25, -0.2) is 0 Å². The number of benzene rings is 6. The first kappa shape index (κ1) is 21.5. The number of thiophene rings is 2. The van der Waals surface area contributed by atoms with E-state index in [4.69, 9.17) is 0 Å². The molecule has 6 aromatic carbocycles.